The van der Waals surface area contributed by atoms with E-state index in [4.69, 9.17) is 10.5 Å². The molecule has 0 saturated carbocycles. The molecule has 3 rings (SSSR count). The molecular formula is C37H52N4O7. The summed E-state index contributed by atoms with van der Waals surface area (Å²) in [5.74, 6) is -2.55. The van der Waals surface area contributed by atoms with Gasteiger partial charge in [0.15, 0.2) is 5.78 Å². The van der Waals surface area contributed by atoms with Gasteiger partial charge in [-0.15, -0.1) is 0 Å². The molecule has 5 N–H and O–H groups in total. The van der Waals surface area contributed by atoms with Gasteiger partial charge in [-0.3, -0.25) is 19.2 Å². The molecule has 1 heterocycles. The molecule has 11 heteroatoms. The minimum atomic E-state index is -1.08. The Morgan fingerprint density at radius 1 is 0.917 bits per heavy atom. The highest BCUT2D eigenvalue weighted by molar-refractivity contribution is 5.94. The highest BCUT2D eigenvalue weighted by atomic mass is 16.5. The minimum Gasteiger partial charge on any atom is -0.480 e. The van der Waals surface area contributed by atoms with Crippen molar-refractivity contribution in [2.75, 3.05) is 6.54 Å². The highest BCUT2D eigenvalue weighted by Crippen LogP contribution is 2.23. The Labute approximate surface area is 284 Å². The summed E-state index contributed by atoms with van der Waals surface area (Å²) >= 11 is 0. The average Bonchev–Trinajstić information content (AvgIpc) is 3.56. The second kappa shape index (κ2) is 18.5. The van der Waals surface area contributed by atoms with Crippen molar-refractivity contribution in [1.29, 1.82) is 0 Å². The molecule has 1 saturated heterocycles. The molecule has 1 aliphatic rings. The van der Waals surface area contributed by atoms with Crippen molar-refractivity contribution >= 4 is 29.5 Å². The quantitative estimate of drug-likeness (QED) is 0.175. The summed E-state index contributed by atoms with van der Waals surface area (Å²) in [6, 6.07) is 15.0. The van der Waals surface area contributed by atoms with Crippen LogP contribution in [0.1, 0.15) is 83.8 Å². The number of unbranched alkanes of at least 4 members (excludes halogenated alkanes) is 2. The summed E-state index contributed by atoms with van der Waals surface area (Å²) in [4.78, 5) is 66.2. The number of nitrogens with zero attached hydrogens (tertiary/aromatic N) is 1. The van der Waals surface area contributed by atoms with E-state index in [-0.39, 0.29) is 12.2 Å². The van der Waals surface area contributed by atoms with Crippen LogP contribution in [0.25, 0.3) is 0 Å². The number of ether oxygens (including phenoxy) is 1. The molecule has 1 unspecified atom stereocenters. The van der Waals surface area contributed by atoms with E-state index in [1.807, 2.05) is 60.7 Å². The molecule has 0 aliphatic carbocycles. The van der Waals surface area contributed by atoms with Gasteiger partial charge in [0, 0.05) is 19.4 Å². The molecule has 1 aliphatic heterocycles. The molecular weight excluding hydrogens is 612 g/mol. The zero-order valence-corrected chi connectivity index (χ0v) is 28.7. The highest BCUT2D eigenvalue weighted by Gasteiger charge is 2.40. The summed E-state index contributed by atoms with van der Waals surface area (Å²) in [5.41, 5.74) is 7.31. The van der Waals surface area contributed by atoms with Gasteiger partial charge in [0.2, 0.25) is 17.7 Å². The number of nitrogens with two attached hydrogens (primary N) is 1. The van der Waals surface area contributed by atoms with Gasteiger partial charge in [-0.2, -0.15) is 0 Å². The molecule has 3 amide bonds. The van der Waals surface area contributed by atoms with E-state index in [1.54, 1.807) is 27.7 Å². The molecule has 48 heavy (non-hydrogen) atoms. The van der Waals surface area contributed by atoms with Gasteiger partial charge >= 0.3 is 5.97 Å². The third-order valence-corrected chi connectivity index (χ3v) is 8.70. The maximum Gasteiger partial charge on any atom is 0.326 e. The first kappa shape index (κ1) is 38.4. The molecule has 0 aromatic heterocycles. The number of aliphatic carboxylic acids is 1. The number of hydrogen-bond donors (Lipinski definition) is 4. The molecule has 2 aromatic rings. The molecule has 0 bridgehead atoms. The van der Waals surface area contributed by atoms with Crippen LogP contribution in [0, 0.1) is 5.41 Å². The van der Waals surface area contributed by atoms with Gasteiger partial charge in [-0.05, 0) is 49.1 Å². The molecule has 11 nitrogen and oxygen atoms in total. The summed E-state index contributed by atoms with van der Waals surface area (Å²) in [6.07, 6.45) is 3.30. The lowest BCUT2D eigenvalue weighted by molar-refractivity contribution is -0.149. The lowest BCUT2D eigenvalue weighted by atomic mass is 9.85. The first-order valence-corrected chi connectivity index (χ1v) is 16.9. The van der Waals surface area contributed by atoms with Crippen LogP contribution in [0.3, 0.4) is 0 Å². The van der Waals surface area contributed by atoms with Gasteiger partial charge in [-0.1, -0.05) is 94.3 Å². The van der Waals surface area contributed by atoms with Crippen molar-refractivity contribution in [2.24, 2.45) is 11.1 Å². The summed E-state index contributed by atoms with van der Waals surface area (Å²) < 4.78 is 5.71. The smallest absolute Gasteiger partial charge is 0.326 e. The first-order chi connectivity index (χ1) is 22.8. The fourth-order valence-corrected chi connectivity index (χ4v) is 5.78. The summed E-state index contributed by atoms with van der Waals surface area (Å²) in [7, 11) is 0. The maximum absolute atomic E-state index is 13.7. The van der Waals surface area contributed by atoms with E-state index in [1.165, 1.54) is 4.90 Å². The van der Waals surface area contributed by atoms with Crippen LogP contribution < -0.4 is 16.4 Å². The third-order valence-electron chi connectivity index (χ3n) is 8.70. The fourth-order valence-electron chi connectivity index (χ4n) is 5.78. The lowest BCUT2D eigenvalue weighted by Gasteiger charge is -2.33. The number of benzene rings is 2. The molecule has 0 radical (unpaired) electrons. The number of rotatable bonds is 18. The van der Waals surface area contributed by atoms with Crippen molar-refractivity contribution in [2.45, 2.75) is 116 Å². The number of amides is 3. The van der Waals surface area contributed by atoms with E-state index in [0.29, 0.717) is 58.1 Å². The standard InChI is InChI=1S/C37H52N4O7/c1-25(48-24-27-17-10-6-11-18-27)31(42)21-13-7-12-19-28(38)33(43)40-32(37(2,3)4)34(44)39-29(23-26-15-8-5-9-16-26)35(45)41-22-14-20-30(41)36(46)47/h5-6,8-11,15-18,25,28-30,32H,7,12-14,19-24,38H2,1-4H3,(H,39,44)(H,40,43)(H,46,47)/t25?,28-,29-,30+,32-/m0/s1. The van der Waals surface area contributed by atoms with E-state index in [9.17, 15) is 29.1 Å². The van der Waals surface area contributed by atoms with Crippen molar-refractivity contribution in [3.63, 3.8) is 0 Å². The van der Waals surface area contributed by atoms with Crippen molar-refractivity contribution in [3.8, 4) is 0 Å². The number of ketones is 1. The zero-order chi connectivity index (χ0) is 35.3. The number of carbonyl (C=O) groups is 5. The first-order valence-electron chi connectivity index (χ1n) is 16.9. The van der Waals surface area contributed by atoms with Crippen LogP contribution in [0.4, 0.5) is 0 Å². The normalized spacial score (nSPS) is 17.2. The van der Waals surface area contributed by atoms with E-state index in [2.05, 4.69) is 10.6 Å². The minimum absolute atomic E-state index is 0.0271. The van der Waals surface area contributed by atoms with Crippen LogP contribution >= 0.6 is 0 Å². The Morgan fingerprint density at radius 3 is 2.15 bits per heavy atom. The van der Waals surface area contributed by atoms with Crippen molar-refractivity contribution in [1.82, 2.24) is 15.5 Å². The molecule has 2 aromatic carbocycles. The Balaban J connectivity index is 1.53. The van der Waals surface area contributed by atoms with Crippen LogP contribution in [0.2, 0.25) is 0 Å². The van der Waals surface area contributed by atoms with Gasteiger partial charge < -0.3 is 31.1 Å². The number of hydrogen-bond acceptors (Lipinski definition) is 7. The number of carbonyl (C=O) groups excluding carboxylic acids is 4. The van der Waals surface area contributed by atoms with E-state index < -0.39 is 59.4 Å². The topological polar surface area (TPSA) is 168 Å². The number of Topliss-reactive ketones (excluding diaryl/α,β-unsaturated/α-hetero) is 1. The maximum atomic E-state index is 13.7. The Hall–Kier alpha value is -4.09. The van der Waals surface area contributed by atoms with Crippen molar-refractivity contribution in [3.05, 3.63) is 71.8 Å². The van der Waals surface area contributed by atoms with Gasteiger partial charge in [-0.25, -0.2) is 4.79 Å². The second-order valence-corrected chi connectivity index (χ2v) is 13.7. The van der Waals surface area contributed by atoms with Gasteiger partial charge in [0.1, 0.15) is 24.2 Å². The predicted octanol–water partition coefficient (Wildman–Crippen LogP) is 3.77. The molecule has 1 fully saturated rings. The largest absolute Gasteiger partial charge is 0.480 e. The molecule has 262 valence electrons. The van der Waals surface area contributed by atoms with E-state index in [0.717, 1.165) is 11.1 Å². The predicted molar refractivity (Wildman–Crippen MR) is 183 cm³/mol. The zero-order valence-electron chi connectivity index (χ0n) is 28.7. The second-order valence-electron chi connectivity index (χ2n) is 13.7. The number of likely N-dealkylation sites (tertiary alicyclic amines) is 1. The monoisotopic (exact) mass is 664 g/mol. The number of carboxylic acids is 1. The number of carboxylic acid groups (broad SMARTS) is 1. The Morgan fingerprint density at radius 2 is 1.54 bits per heavy atom. The average molecular weight is 665 g/mol. The fraction of sp³-hybridized carbons (Fsp3) is 0.541. The lowest BCUT2D eigenvalue weighted by Crippen LogP contribution is -2.60. The summed E-state index contributed by atoms with van der Waals surface area (Å²) in [5, 5.41) is 15.3. The third kappa shape index (κ3) is 11.9. The summed E-state index contributed by atoms with van der Waals surface area (Å²) in [6.45, 7) is 7.84. The Kier molecular flexibility index (Phi) is 14.7. The van der Waals surface area contributed by atoms with Gasteiger partial charge in [0.25, 0.3) is 0 Å². The number of nitrogens with one attached hydrogen (secondary N) is 2. The van der Waals surface area contributed by atoms with Crippen LogP contribution in [0.5, 0.6) is 0 Å². The van der Waals surface area contributed by atoms with Crippen LogP contribution in [-0.4, -0.2) is 76.3 Å². The van der Waals surface area contributed by atoms with Gasteiger partial charge in [0.05, 0.1) is 12.6 Å². The molecule has 5 atom stereocenters. The van der Waals surface area contributed by atoms with Crippen LogP contribution in [-0.2, 0) is 41.7 Å². The van der Waals surface area contributed by atoms with Crippen LogP contribution in [0.15, 0.2) is 60.7 Å². The van der Waals surface area contributed by atoms with E-state index >= 15 is 0 Å². The Bertz CT molecular complexity index is 1360. The van der Waals surface area contributed by atoms with Crippen molar-refractivity contribution < 1.29 is 33.8 Å². The molecule has 0 spiro atoms. The SMILES string of the molecule is CC(OCc1ccccc1)C(=O)CCCCC[C@H](N)C(=O)N[C@@H](C(=O)N[C@@H](Cc1ccccc1)C(=O)N1CCC[C@@H]1C(=O)O)C(C)(C)C.